The molecule has 0 saturated heterocycles. The van der Waals surface area contributed by atoms with Crippen LogP contribution in [0.4, 0.5) is 0 Å². The van der Waals surface area contributed by atoms with Gasteiger partial charge in [0, 0.05) is 17.7 Å². The summed E-state index contributed by atoms with van der Waals surface area (Å²) in [4.78, 5) is 23.5. The van der Waals surface area contributed by atoms with Gasteiger partial charge in [-0.2, -0.15) is 0 Å². The topological polar surface area (TPSA) is 60.2 Å². The average Bonchev–Trinajstić information content (AvgIpc) is 2.66. The molecule has 2 N–H and O–H groups in total. The predicted octanol–water partition coefficient (Wildman–Crippen LogP) is 2.01. The molecule has 0 bridgehead atoms. The van der Waals surface area contributed by atoms with E-state index >= 15 is 0 Å². The van der Waals surface area contributed by atoms with Crippen LogP contribution in [-0.4, -0.2) is 11.6 Å². The Morgan fingerprint density at radius 3 is 2.26 bits per heavy atom. The highest BCUT2D eigenvalue weighted by Crippen LogP contribution is 2.45. The fourth-order valence-corrected chi connectivity index (χ4v) is 2.62. The molecule has 0 saturated carbocycles. The molecule has 0 aliphatic heterocycles. The first kappa shape index (κ1) is 11.7. The van der Waals surface area contributed by atoms with Gasteiger partial charge in [-0.15, -0.1) is 0 Å². The monoisotopic (exact) mass is 251 g/mol. The minimum Gasteiger partial charge on any atom is -0.400 e. The molecule has 0 unspecified atom stereocenters. The predicted molar refractivity (Wildman–Crippen MR) is 72.9 cm³/mol. The van der Waals surface area contributed by atoms with Crippen molar-refractivity contribution in [3.8, 4) is 0 Å². The first-order chi connectivity index (χ1) is 9.12. The van der Waals surface area contributed by atoms with E-state index in [0.29, 0.717) is 17.7 Å². The molecule has 19 heavy (non-hydrogen) atoms. The Bertz CT molecular complexity index is 635. The van der Waals surface area contributed by atoms with Crippen molar-refractivity contribution in [1.29, 1.82) is 0 Å². The van der Waals surface area contributed by atoms with Crippen molar-refractivity contribution in [1.82, 2.24) is 0 Å². The van der Waals surface area contributed by atoms with Gasteiger partial charge in [0.25, 0.3) is 0 Å². The smallest absolute Gasteiger partial charge is 0.178 e. The van der Waals surface area contributed by atoms with E-state index in [1.54, 1.807) is 12.2 Å². The van der Waals surface area contributed by atoms with E-state index in [-0.39, 0.29) is 11.6 Å². The Balaban J connectivity index is 2.13. The first-order valence-electron chi connectivity index (χ1n) is 6.14. The normalized spacial score (nSPS) is 20.6. The van der Waals surface area contributed by atoms with Gasteiger partial charge >= 0.3 is 0 Å². The zero-order valence-electron chi connectivity index (χ0n) is 10.3. The maximum Gasteiger partial charge on any atom is 0.178 e. The van der Waals surface area contributed by atoms with E-state index in [1.165, 1.54) is 12.2 Å². The van der Waals surface area contributed by atoms with Crippen LogP contribution in [0.1, 0.15) is 12.0 Å². The summed E-state index contributed by atoms with van der Waals surface area (Å²) in [5.41, 5.74) is 7.53. The van der Waals surface area contributed by atoms with Crippen LogP contribution < -0.4 is 5.73 Å². The number of hydrogen-bond donors (Lipinski definition) is 1. The molecular formula is C16H13NO2. The third-order valence-corrected chi connectivity index (χ3v) is 3.66. The number of rotatable bonds is 1. The van der Waals surface area contributed by atoms with Gasteiger partial charge < -0.3 is 5.73 Å². The Kier molecular flexibility index (Phi) is 2.49. The highest BCUT2D eigenvalue weighted by atomic mass is 16.1. The third kappa shape index (κ3) is 1.74. The molecule has 3 nitrogen and oxygen atoms in total. The number of benzene rings is 1. The molecule has 0 fully saturated rings. The van der Waals surface area contributed by atoms with Crippen LogP contribution in [0.2, 0.25) is 0 Å². The van der Waals surface area contributed by atoms with Crippen molar-refractivity contribution in [3.63, 3.8) is 0 Å². The van der Waals surface area contributed by atoms with Crippen molar-refractivity contribution in [2.45, 2.75) is 6.42 Å². The lowest BCUT2D eigenvalue weighted by atomic mass is 9.81. The summed E-state index contributed by atoms with van der Waals surface area (Å²) < 4.78 is 0. The third-order valence-electron chi connectivity index (χ3n) is 3.66. The summed E-state index contributed by atoms with van der Waals surface area (Å²) in [7, 11) is 0. The van der Waals surface area contributed by atoms with Gasteiger partial charge in [0.15, 0.2) is 11.6 Å². The second kappa shape index (κ2) is 4.05. The molecule has 0 heterocycles. The van der Waals surface area contributed by atoms with Gasteiger partial charge in [0.05, 0.1) is 5.41 Å². The zero-order valence-corrected chi connectivity index (χ0v) is 10.3. The summed E-state index contributed by atoms with van der Waals surface area (Å²) in [6, 6.07) is 9.41. The maximum absolute atomic E-state index is 12.2. The number of carbonyl (C=O) groups is 2. The van der Waals surface area contributed by atoms with Crippen molar-refractivity contribution >= 4 is 17.1 Å². The number of Topliss-reactive ketones (excluding diaryl/α,β-unsaturated/α-hetero) is 1. The van der Waals surface area contributed by atoms with Crippen molar-refractivity contribution in [2.75, 3.05) is 0 Å². The molecule has 2 aliphatic carbocycles. The lowest BCUT2D eigenvalue weighted by molar-refractivity contribution is -0.114. The van der Waals surface area contributed by atoms with Crippen LogP contribution in [0.25, 0.3) is 5.57 Å². The number of ketones is 2. The van der Waals surface area contributed by atoms with Gasteiger partial charge in [-0.05, 0) is 17.7 Å². The average molecular weight is 251 g/mol. The first-order valence-corrected chi connectivity index (χ1v) is 6.14. The van der Waals surface area contributed by atoms with Crippen LogP contribution >= 0.6 is 0 Å². The second-order valence-corrected chi connectivity index (χ2v) is 4.86. The fourth-order valence-electron chi connectivity index (χ4n) is 2.62. The quantitative estimate of drug-likeness (QED) is 0.830. The van der Waals surface area contributed by atoms with E-state index in [1.807, 2.05) is 30.3 Å². The molecule has 2 aliphatic rings. The standard InChI is InChI=1S/C16H13NO2/c17-15-14(11-4-2-1-3-5-11)13(19)10-16(15)8-6-12(18)7-9-16/h1-9H,10,17H2. The van der Waals surface area contributed by atoms with E-state index in [4.69, 9.17) is 5.73 Å². The molecule has 3 rings (SSSR count). The summed E-state index contributed by atoms with van der Waals surface area (Å²) >= 11 is 0. The van der Waals surface area contributed by atoms with E-state index in [2.05, 4.69) is 0 Å². The zero-order chi connectivity index (χ0) is 13.5. The fraction of sp³-hybridized carbons (Fsp3) is 0.125. The highest BCUT2D eigenvalue weighted by molar-refractivity contribution is 6.25. The van der Waals surface area contributed by atoms with Crippen LogP contribution in [-0.2, 0) is 9.59 Å². The molecular weight excluding hydrogens is 238 g/mol. The molecule has 94 valence electrons. The summed E-state index contributed by atoms with van der Waals surface area (Å²) in [6.07, 6.45) is 6.72. The molecule has 0 amide bonds. The van der Waals surface area contributed by atoms with Crippen LogP contribution in [0, 0.1) is 5.41 Å². The number of hydrogen-bond acceptors (Lipinski definition) is 3. The Hall–Kier alpha value is -2.42. The molecule has 3 heteroatoms. The summed E-state index contributed by atoms with van der Waals surface area (Å²) in [5, 5.41) is 0. The Morgan fingerprint density at radius 2 is 1.63 bits per heavy atom. The molecule has 0 aromatic heterocycles. The number of allylic oxidation sites excluding steroid dienone is 4. The summed E-state index contributed by atoms with van der Waals surface area (Å²) in [5.74, 6) is -0.0496. The van der Waals surface area contributed by atoms with E-state index in [0.717, 1.165) is 5.56 Å². The minimum atomic E-state index is -0.615. The van der Waals surface area contributed by atoms with Crippen molar-refractivity contribution < 1.29 is 9.59 Å². The molecule has 1 aromatic carbocycles. The SMILES string of the molecule is NC1=C(c2ccccc2)C(=O)CC12C=CC(=O)C=C2. The van der Waals surface area contributed by atoms with E-state index in [9.17, 15) is 9.59 Å². The van der Waals surface area contributed by atoms with Crippen molar-refractivity contribution in [2.24, 2.45) is 11.1 Å². The largest absolute Gasteiger partial charge is 0.400 e. The molecule has 1 spiro atoms. The maximum atomic E-state index is 12.2. The molecule has 1 aromatic rings. The van der Waals surface area contributed by atoms with Crippen molar-refractivity contribution in [3.05, 3.63) is 65.9 Å². The van der Waals surface area contributed by atoms with Crippen LogP contribution in [0.3, 0.4) is 0 Å². The van der Waals surface area contributed by atoms with Gasteiger partial charge in [-0.1, -0.05) is 42.5 Å². The number of nitrogens with two attached hydrogens (primary N) is 1. The second-order valence-electron chi connectivity index (χ2n) is 4.86. The lowest BCUT2D eigenvalue weighted by Gasteiger charge is -2.23. The van der Waals surface area contributed by atoms with Gasteiger partial charge in [0.2, 0.25) is 0 Å². The molecule has 0 atom stereocenters. The van der Waals surface area contributed by atoms with E-state index < -0.39 is 5.41 Å². The highest BCUT2D eigenvalue weighted by Gasteiger charge is 2.42. The Labute approximate surface area is 111 Å². The summed E-state index contributed by atoms with van der Waals surface area (Å²) in [6.45, 7) is 0. The van der Waals surface area contributed by atoms with Crippen LogP contribution in [0.5, 0.6) is 0 Å². The Morgan fingerprint density at radius 1 is 1.00 bits per heavy atom. The van der Waals surface area contributed by atoms with Crippen LogP contribution in [0.15, 0.2) is 60.3 Å². The van der Waals surface area contributed by atoms with Gasteiger partial charge in [0.1, 0.15) is 0 Å². The van der Waals surface area contributed by atoms with Gasteiger partial charge in [-0.3, -0.25) is 9.59 Å². The van der Waals surface area contributed by atoms with Gasteiger partial charge in [-0.25, -0.2) is 0 Å². The number of carbonyl (C=O) groups excluding carboxylic acids is 2. The lowest BCUT2D eigenvalue weighted by Crippen LogP contribution is -2.23. The molecule has 0 radical (unpaired) electrons. The minimum absolute atomic E-state index is 0.0207.